The van der Waals surface area contributed by atoms with Crippen molar-refractivity contribution in [2.75, 3.05) is 6.61 Å². The molecular weight excluding hydrogens is 217 g/mol. The molecule has 0 radical (unpaired) electrons. The minimum absolute atomic E-state index is 0. The van der Waals surface area contributed by atoms with Crippen molar-refractivity contribution >= 4 is 12.4 Å². The summed E-state index contributed by atoms with van der Waals surface area (Å²) in [6, 6.07) is 5.90. The number of aliphatic hydroxyl groups is 1. The second-order valence-electron chi connectivity index (χ2n) is 4.15. The molecule has 0 aliphatic carbocycles. The first-order chi connectivity index (χ1) is 6.49. The highest BCUT2D eigenvalue weighted by atomic mass is 35.5. The number of hydrogen-bond donors (Lipinski definition) is 2. The first-order valence-corrected chi connectivity index (χ1v) is 4.60. The highest BCUT2D eigenvalue weighted by molar-refractivity contribution is 5.85. The second-order valence-corrected chi connectivity index (χ2v) is 4.15. The van der Waals surface area contributed by atoms with Crippen molar-refractivity contribution in [1.82, 2.24) is 0 Å². The van der Waals surface area contributed by atoms with Gasteiger partial charge < -0.3 is 10.8 Å². The van der Waals surface area contributed by atoms with E-state index in [2.05, 4.69) is 0 Å². The Labute approximate surface area is 95.7 Å². The van der Waals surface area contributed by atoms with Crippen LogP contribution in [0.4, 0.5) is 4.39 Å². The molecule has 0 spiro atoms. The van der Waals surface area contributed by atoms with Crippen LogP contribution in [-0.4, -0.2) is 11.7 Å². The number of halogens is 2. The summed E-state index contributed by atoms with van der Waals surface area (Å²) in [5, 5.41) is 9.11. The monoisotopic (exact) mass is 233 g/mol. The average Bonchev–Trinajstić information content (AvgIpc) is 2.17. The summed E-state index contributed by atoms with van der Waals surface area (Å²) in [6.45, 7) is 3.55. The Hall–Kier alpha value is -0.640. The van der Waals surface area contributed by atoms with E-state index in [1.54, 1.807) is 18.2 Å². The average molecular weight is 234 g/mol. The van der Waals surface area contributed by atoms with Gasteiger partial charge in [-0.2, -0.15) is 0 Å². The molecule has 1 aromatic rings. The van der Waals surface area contributed by atoms with Crippen molar-refractivity contribution < 1.29 is 9.50 Å². The molecular formula is C11H17ClFNO. The predicted octanol–water partition coefficient (Wildman–Crippen LogP) is 2.27. The van der Waals surface area contributed by atoms with Gasteiger partial charge in [0.25, 0.3) is 0 Å². The SMILES string of the molecule is CC(C)(CO)[C@@H](N)c1ccccc1F.Cl. The van der Waals surface area contributed by atoms with E-state index < -0.39 is 11.5 Å². The predicted molar refractivity (Wildman–Crippen MR) is 61.4 cm³/mol. The van der Waals surface area contributed by atoms with Crippen molar-refractivity contribution in [1.29, 1.82) is 0 Å². The zero-order chi connectivity index (χ0) is 10.8. The Balaban J connectivity index is 0.00000196. The first-order valence-electron chi connectivity index (χ1n) is 4.60. The summed E-state index contributed by atoms with van der Waals surface area (Å²) in [5.74, 6) is -0.318. The first kappa shape index (κ1) is 14.4. The van der Waals surface area contributed by atoms with Crippen LogP contribution in [0.3, 0.4) is 0 Å². The molecule has 1 rings (SSSR count). The van der Waals surface area contributed by atoms with Crippen molar-refractivity contribution in [2.24, 2.45) is 11.1 Å². The van der Waals surface area contributed by atoms with Crippen molar-refractivity contribution in [3.63, 3.8) is 0 Å². The van der Waals surface area contributed by atoms with E-state index in [-0.39, 0.29) is 24.8 Å². The minimum Gasteiger partial charge on any atom is -0.396 e. The molecule has 0 fully saturated rings. The van der Waals surface area contributed by atoms with E-state index in [0.717, 1.165) is 0 Å². The van der Waals surface area contributed by atoms with Gasteiger partial charge in [-0.05, 0) is 6.07 Å². The van der Waals surface area contributed by atoms with Crippen molar-refractivity contribution in [3.05, 3.63) is 35.6 Å². The van der Waals surface area contributed by atoms with Gasteiger partial charge in [0.2, 0.25) is 0 Å². The molecule has 1 atom stereocenters. The maximum atomic E-state index is 13.3. The zero-order valence-electron chi connectivity index (χ0n) is 8.90. The van der Waals surface area contributed by atoms with Crippen molar-refractivity contribution in [3.8, 4) is 0 Å². The van der Waals surface area contributed by atoms with Crippen LogP contribution in [0.25, 0.3) is 0 Å². The molecule has 0 bridgehead atoms. The van der Waals surface area contributed by atoms with Gasteiger partial charge in [0.05, 0.1) is 0 Å². The summed E-state index contributed by atoms with van der Waals surface area (Å²) < 4.78 is 13.3. The second kappa shape index (κ2) is 5.45. The largest absolute Gasteiger partial charge is 0.396 e. The molecule has 0 aliphatic rings. The molecule has 3 N–H and O–H groups in total. The number of aliphatic hydroxyl groups excluding tert-OH is 1. The Kier molecular flexibility index (Phi) is 5.21. The number of rotatable bonds is 3. The lowest BCUT2D eigenvalue weighted by molar-refractivity contribution is 0.131. The fraction of sp³-hybridized carbons (Fsp3) is 0.455. The van der Waals surface area contributed by atoms with Crippen LogP contribution >= 0.6 is 12.4 Å². The van der Waals surface area contributed by atoms with E-state index in [9.17, 15) is 4.39 Å². The highest BCUT2D eigenvalue weighted by Crippen LogP contribution is 2.31. The van der Waals surface area contributed by atoms with E-state index in [4.69, 9.17) is 10.8 Å². The van der Waals surface area contributed by atoms with Gasteiger partial charge in [0, 0.05) is 23.6 Å². The Morgan fingerprint density at radius 3 is 2.40 bits per heavy atom. The zero-order valence-corrected chi connectivity index (χ0v) is 9.72. The van der Waals surface area contributed by atoms with Gasteiger partial charge in [0.15, 0.2) is 0 Å². The normalized spacial score (nSPS) is 13.1. The van der Waals surface area contributed by atoms with Gasteiger partial charge in [-0.15, -0.1) is 12.4 Å². The summed E-state index contributed by atoms with van der Waals surface area (Å²) in [7, 11) is 0. The van der Waals surface area contributed by atoms with E-state index in [1.807, 2.05) is 13.8 Å². The molecule has 2 nitrogen and oxygen atoms in total. The van der Waals surface area contributed by atoms with E-state index in [1.165, 1.54) is 6.07 Å². The van der Waals surface area contributed by atoms with Crippen LogP contribution in [-0.2, 0) is 0 Å². The number of benzene rings is 1. The molecule has 0 saturated heterocycles. The van der Waals surface area contributed by atoms with E-state index in [0.29, 0.717) is 5.56 Å². The quantitative estimate of drug-likeness (QED) is 0.841. The lowest BCUT2D eigenvalue weighted by Crippen LogP contribution is -2.33. The molecule has 0 aromatic heterocycles. The third-order valence-electron chi connectivity index (χ3n) is 2.49. The molecule has 86 valence electrons. The Morgan fingerprint density at radius 1 is 1.40 bits per heavy atom. The van der Waals surface area contributed by atoms with Gasteiger partial charge in [-0.3, -0.25) is 0 Å². The van der Waals surface area contributed by atoms with Gasteiger partial charge >= 0.3 is 0 Å². The third kappa shape index (κ3) is 3.16. The van der Waals surface area contributed by atoms with Gasteiger partial charge in [-0.1, -0.05) is 32.0 Å². The van der Waals surface area contributed by atoms with Gasteiger partial charge in [0.1, 0.15) is 5.82 Å². The molecule has 0 saturated carbocycles. The maximum absolute atomic E-state index is 13.3. The Morgan fingerprint density at radius 2 is 1.93 bits per heavy atom. The summed E-state index contributed by atoms with van der Waals surface area (Å²) in [5.41, 5.74) is 5.82. The fourth-order valence-corrected chi connectivity index (χ4v) is 1.25. The number of hydrogen-bond acceptors (Lipinski definition) is 2. The minimum atomic E-state index is -0.512. The maximum Gasteiger partial charge on any atom is 0.127 e. The topological polar surface area (TPSA) is 46.2 Å². The van der Waals surface area contributed by atoms with Crippen LogP contribution < -0.4 is 5.73 Å². The van der Waals surface area contributed by atoms with Crippen LogP contribution in [0.5, 0.6) is 0 Å². The molecule has 4 heteroatoms. The number of nitrogens with two attached hydrogens (primary N) is 1. The highest BCUT2D eigenvalue weighted by Gasteiger charge is 2.28. The Bertz CT molecular complexity index is 317. The molecule has 0 heterocycles. The standard InChI is InChI=1S/C11H16FNO.ClH/c1-11(2,7-14)10(13)8-5-3-4-6-9(8)12;/h3-6,10,14H,7,13H2,1-2H3;1H/t10-;/m0./s1. The summed E-state index contributed by atoms with van der Waals surface area (Å²) >= 11 is 0. The summed E-state index contributed by atoms with van der Waals surface area (Å²) in [6.07, 6.45) is 0. The lowest BCUT2D eigenvalue weighted by atomic mass is 9.82. The van der Waals surface area contributed by atoms with Crippen LogP contribution in [0.15, 0.2) is 24.3 Å². The summed E-state index contributed by atoms with van der Waals surface area (Å²) in [4.78, 5) is 0. The molecule has 15 heavy (non-hydrogen) atoms. The van der Waals surface area contributed by atoms with Crippen molar-refractivity contribution in [2.45, 2.75) is 19.9 Å². The molecule has 0 amide bonds. The van der Waals surface area contributed by atoms with Crippen LogP contribution in [0.1, 0.15) is 25.5 Å². The lowest BCUT2D eigenvalue weighted by Gasteiger charge is -2.29. The smallest absolute Gasteiger partial charge is 0.127 e. The van der Waals surface area contributed by atoms with Crippen LogP contribution in [0, 0.1) is 11.2 Å². The fourth-order valence-electron chi connectivity index (χ4n) is 1.25. The third-order valence-corrected chi connectivity index (χ3v) is 2.49. The molecule has 0 unspecified atom stereocenters. The molecule has 0 aliphatic heterocycles. The van der Waals surface area contributed by atoms with Gasteiger partial charge in [-0.25, -0.2) is 4.39 Å². The van der Waals surface area contributed by atoms with E-state index >= 15 is 0 Å². The van der Waals surface area contributed by atoms with Crippen LogP contribution in [0.2, 0.25) is 0 Å². The molecule has 1 aromatic carbocycles.